The third-order valence-corrected chi connectivity index (χ3v) is 4.48. The predicted molar refractivity (Wildman–Crippen MR) is 100.0 cm³/mol. The van der Waals surface area contributed by atoms with Gasteiger partial charge in [-0.15, -0.1) is 0 Å². The van der Waals surface area contributed by atoms with Gasteiger partial charge in [0.2, 0.25) is 0 Å². The van der Waals surface area contributed by atoms with E-state index in [1.165, 1.54) is 11.0 Å². The van der Waals surface area contributed by atoms with Gasteiger partial charge in [-0.2, -0.15) is 5.10 Å². The monoisotopic (exact) mass is 391 g/mol. The Morgan fingerprint density at radius 1 is 1.15 bits per heavy atom. The molecule has 0 saturated carbocycles. The van der Waals surface area contributed by atoms with Crippen LogP contribution in [0.15, 0.2) is 54.9 Å². The molecule has 134 valence electrons. The molecule has 0 spiro atoms. The minimum Gasteiger partial charge on any atom is -0.337 e. The minimum atomic E-state index is -0.677. The van der Waals surface area contributed by atoms with Crippen molar-refractivity contribution in [2.75, 3.05) is 7.05 Å². The summed E-state index contributed by atoms with van der Waals surface area (Å²) in [5.74, 6) is -1.06. The van der Waals surface area contributed by atoms with Crippen LogP contribution in [0.4, 0.5) is 4.39 Å². The lowest BCUT2D eigenvalue weighted by Gasteiger charge is -2.17. The summed E-state index contributed by atoms with van der Waals surface area (Å²) in [6.45, 7) is 0.973. The summed E-state index contributed by atoms with van der Waals surface area (Å²) in [5.41, 5.74) is 2.07. The highest BCUT2D eigenvalue weighted by molar-refractivity contribution is 6.36. The first-order valence-corrected chi connectivity index (χ1v) is 8.65. The second kappa shape index (κ2) is 7.89. The van der Waals surface area contributed by atoms with E-state index in [4.69, 9.17) is 23.2 Å². The molecule has 2 aromatic carbocycles. The van der Waals surface area contributed by atoms with Crippen LogP contribution in [0.5, 0.6) is 0 Å². The van der Waals surface area contributed by atoms with E-state index in [9.17, 15) is 9.18 Å². The van der Waals surface area contributed by atoms with Gasteiger partial charge in [0.15, 0.2) is 0 Å². The quantitative estimate of drug-likeness (QED) is 0.593. The standard InChI is InChI=1S/C19H16Cl2FN3O/c1-24(19(26)15-7-18(22)17(21)8-16(15)20)10-14-9-23-25(12-14)11-13-5-3-2-4-6-13/h2-9,12H,10-11H2,1H3. The molecule has 0 bridgehead atoms. The summed E-state index contributed by atoms with van der Waals surface area (Å²) in [7, 11) is 1.62. The number of carbonyl (C=O) groups is 1. The van der Waals surface area contributed by atoms with Crippen LogP contribution in [0.3, 0.4) is 0 Å². The number of halogens is 3. The second-order valence-corrected chi connectivity index (χ2v) is 6.75. The number of hydrogen-bond donors (Lipinski definition) is 0. The van der Waals surface area contributed by atoms with E-state index < -0.39 is 5.82 Å². The van der Waals surface area contributed by atoms with E-state index >= 15 is 0 Å². The van der Waals surface area contributed by atoms with E-state index in [1.54, 1.807) is 17.9 Å². The predicted octanol–water partition coefficient (Wildman–Crippen LogP) is 4.65. The van der Waals surface area contributed by atoms with Crippen molar-refractivity contribution in [1.82, 2.24) is 14.7 Å². The van der Waals surface area contributed by atoms with E-state index in [1.807, 2.05) is 36.5 Å². The molecule has 0 N–H and O–H groups in total. The second-order valence-electron chi connectivity index (χ2n) is 5.94. The van der Waals surface area contributed by atoms with Gasteiger partial charge in [-0.3, -0.25) is 9.48 Å². The first-order chi connectivity index (χ1) is 12.4. The smallest absolute Gasteiger partial charge is 0.255 e. The maximum absolute atomic E-state index is 13.6. The van der Waals surface area contributed by atoms with Crippen molar-refractivity contribution in [3.8, 4) is 0 Å². The van der Waals surface area contributed by atoms with E-state index in [2.05, 4.69) is 5.10 Å². The number of amides is 1. The molecule has 0 radical (unpaired) electrons. The van der Waals surface area contributed by atoms with Gasteiger partial charge in [-0.25, -0.2) is 4.39 Å². The molecule has 0 atom stereocenters. The molecule has 0 saturated heterocycles. The molecule has 0 aliphatic carbocycles. The van der Waals surface area contributed by atoms with Gasteiger partial charge < -0.3 is 4.90 Å². The Morgan fingerprint density at radius 2 is 1.88 bits per heavy atom. The average Bonchev–Trinajstić information content (AvgIpc) is 3.05. The fourth-order valence-corrected chi connectivity index (χ4v) is 3.05. The van der Waals surface area contributed by atoms with Gasteiger partial charge in [-0.05, 0) is 17.7 Å². The highest BCUT2D eigenvalue weighted by Gasteiger charge is 2.18. The van der Waals surface area contributed by atoms with Gasteiger partial charge >= 0.3 is 0 Å². The Hall–Kier alpha value is -2.37. The summed E-state index contributed by atoms with van der Waals surface area (Å²) in [6, 6.07) is 12.2. The molecule has 3 aromatic rings. The molecule has 3 rings (SSSR count). The zero-order chi connectivity index (χ0) is 18.7. The van der Waals surface area contributed by atoms with Crippen molar-refractivity contribution in [1.29, 1.82) is 0 Å². The maximum Gasteiger partial charge on any atom is 0.255 e. The Morgan fingerprint density at radius 3 is 2.62 bits per heavy atom. The van der Waals surface area contributed by atoms with Crippen molar-refractivity contribution < 1.29 is 9.18 Å². The summed E-state index contributed by atoms with van der Waals surface area (Å²) in [4.78, 5) is 14.0. The third kappa shape index (κ3) is 4.23. The van der Waals surface area contributed by atoms with E-state index in [0.29, 0.717) is 13.1 Å². The highest BCUT2D eigenvalue weighted by atomic mass is 35.5. The molecule has 1 amide bonds. The number of carbonyl (C=O) groups excluding carboxylic acids is 1. The lowest BCUT2D eigenvalue weighted by Crippen LogP contribution is -2.26. The van der Waals surface area contributed by atoms with Gasteiger partial charge in [0.25, 0.3) is 5.91 Å². The topological polar surface area (TPSA) is 38.1 Å². The van der Waals surface area contributed by atoms with Crippen molar-refractivity contribution in [3.63, 3.8) is 0 Å². The lowest BCUT2D eigenvalue weighted by molar-refractivity contribution is 0.0785. The largest absolute Gasteiger partial charge is 0.337 e. The van der Waals surface area contributed by atoms with Crippen molar-refractivity contribution in [3.05, 3.63) is 87.4 Å². The fraction of sp³-hybridized carbons (Fsp3) is 0.158. The molecule has 7 heteroatoms. The fourth-order valence-electron chi connectivity index (χ4n) is 2.58. The van der Waals surface area contributed by atoms with Gasteiger partial charge in [0.1, 0.15) is 5.82 Å². The average molecular weight is 392 g/mol. The molecule has 1 heterocycles. The molecule has 1 aromatic heterocycles. The summed E-state index contributed by atoms with van der Waals surface area (Å²) < 4.78 is 15.4. The first kappa shape index (κ1) is 18.4. The Labute approximate surface area is 160 Å². The SMILES string of the molecule is CN(Cc1cnn(Cc2ccccc2)c1)C(=O)c1cc(F)c(Cl)cc1Cl. The molecule has 26 heavy (non-hydrogen) atoms. The summed E-state index contributed by atoms with van der Waals surface area (Å²) >= 11 is 11.7. The third-order valence-electron chi connectivity index (χ3n) is 3.88. The van der Waals surface area contributed by atoms with Crippen LogP contribution in [0.25, 0.3) is 0 Å². The summed E-state index contributed by atoms with van der Waals surface area (Å²) in [5, 5.41) is 4.32. The lowest BCUT2D eigenvalue weighted by atomic mass is 10.2. The Kier molecular flexibility index (Phi) is 5.59. The van der Waals surface area contributed by atoms with Gasteiger partial charge in [0.05, 0.1) is 28.4 Å². The van der Waals surface area contributed by atoms with Crippen molar-refractivity contribution in [2.45, 2.75) is 13.1 Å². The first-order valence-electron chi connectivity index (χ1n) is 7.89. The molecular formula is C19H16Cl2FN3O. The van der Waals surface area contributed by atoms with Crippen LogP contribution in [-0.2, 0) is 13.1 Å². The number of aromatic nitrogens is 2. The maximum atomic E-state index is 13.6. The summed E-state index contributed by atoms with van der Waals surface area (Å²) in [6.07, 6.45) is 3.58. The molecule has 0 aliphatic heterocycles. The van der Waals surface area contributed by atoms with E-state index in [-0.39, 0.29) is 21.5 Å². The normalized spacial score (nSPS) is 10.8. The molecule has 4 nitrogen and oxygen atoms in total. The Bertz CT molecular complexity index is 928. The molecule has 0 fully saturated rings. The van der Waals surface area contributed by atoms with Crippen LogP contribution < -0.4 is 0 Å². The van der Waals surface area contributed by atoms with Crippen molar-refractivity contribution >= 4 is 29.1 Å². The van der Waals surface area contributed by atoms with Gasteiger partial charge in [0, 0.05) is 25.4 Å². The minimum absolute atomic E-state index is 0.0766. The number of nitrogens with zero attached hydrogens (tertiary/aromatic N) is 3. The zero-order valence-electron chi connectivity index (χ0n) is 14.0. The van der Waals surface area contributed by atoms with E-state index in [0.717, 1.165) is 17.2 Å². The molecule has 0 unspecified atom stereocenters. The molecule has 0 aliphatic rings. The van der Waals surface area contributed by atoms with Gasteiger partial charge in [-0.1, -0.05) is 53.5 Å². The molecular weight excluding hydrogens is 376 g/mol. The van der Waals surface area contributed by atoms with Crippen LogP contribution >= 0.6 is 23.2 Å². The van der Waals surface area contributed by atoms with Crippen LogP contribution in [0, 0.1) is 5.82 Å². The van der Waals surface area contributed by atoms with Crippen LogP contribution in [-0.4, -0.2) is 27.6 Å². The highest BCUT2D eigenvalue weighted by Crippen LogP contribution is 2.25. The number of rotatable bonds is 5. The van der Waals surface area contributed by atoms with Crippen LogP contribution in [0.2, 0.25) is 10.0 Å². The Balaban J connectivity index is 1.69. The number of benzene rings is 2. The van der Waals surface area contributed by atoms with Crippen LogP contribution in [0.1, 0.15) is 21.5 Å². The number of hydrogen-bond acceptors (Lipinski definition) is 2. The van der Waals surface area contributed by atoms with Crippen molar-refractivity contribution in [2.24, 2.45) is 0 Å². The zero-order valence-corrected chi connectivity index (χ0v) is 15.5.